The molecule has 1 amide bonds. The third kappa shape index (κ3) is 4.31. The lowest BCUT2D eigenvalue weighted by Gasteiger charge is -2.13. The smallest absolute Gasteiger partial charge is 0.236 e. The molecule has 0 radical (unpaired) electrons. The summed E-state index contributed by atoms with van der Waals surface area (Å²) in [5.74, 6) is 0.0505. The monoisotopic (exact) mass is 173 g/mol. The number of hydrogen-bond acceptors (Lipinski definition) is 3. The van der Waals surface area contributed by atoms with E-state index >= 15 is 0 Å². The highest BCUT2D eigenvalue weighted by atomic mass is 16.2. The van der Waals surface area contributed by atoms with Crippen molar-refractivity contribution < 1.29 is 4.79 Å². The molecule has 0 saturated heterocycles. The molecule has 4 nitrogen and oxygen atoms in total. The number of nitrogens with one attached hydrogen (secondary N) is 2. The number of likely N-dealkylation sites (N-methyl/N-ethyl adjacent to an activating group) is 2. The lowest BCUT2D eigenvalue weighted by atomic mass is 10.1. The highest BCUT2D eigenvalue weighted by Crippen LogP contribution is 1.99. The zero-order valence-electron chi connectivity index (χ0n) is 7.89. The van der Waals surface area contributed by atoms with E-state index in [2.05, 4.69) is 10.6 Å². The van der Waals surface area contributed by atoms with Crippen LogP contribution in [0.5, 0.6) is 0 Å². The van der Waals surface area contributed by atoms with Crippen molar-refractivity contribution in [3.8, 4) is 0 Å². The standard InChI is InChI=1S/C8H19N3O/c1-10-7(8(12)11-2)5-3-4-6-9/h7,10H,3-6,9H2,1-2H3,(H,11,12)/t7-/m0/s1. The Bertz CT molecular complexity index is 127. The normalized spacial score (nSPS) is 12.6. The Morgan fingerprint density at radius 3 is 2.50 bits per heavy atom. The molecule has 0 aromatic carbocycles. The molecule has 4 N–H and O–H groups in total. The summed E-state index contributed by atoms with van der Waals surface area (Å²) < 4.78 is 0. The van der Waals surface area contributed by atoms with E-state index in [0.717, 1.165) is 19.3 Å². The van der Waals surface area contributed by atoms with Crippen LogP contribution in [-0.4, -0.2) is 32.6 Å². The first kappa shape index (κ1) is 11.4. The number of carbonyl (C=O) groups excluding carboxylic acids is 1. The van der Waals surface area contributed by atoms with Gasteiger partial charge in [-0.2, -0.15) is 0 Å². The van der Waals surface area contributed by atoms with Gasteiger partial charge in [0.1, 0.15) is 0 Å². The fourth-order valence-corrected chi connectivity index (χ4v) is 1.07. The van der Waals surface area contributed by atoms with Gasteiger partial charge in [0.05, 0.1) is 6.04 Å². The Balaban J connectivity index is 3.60. The van der Waals surface area contributed by atoms with Gasteiger partial charge in [-0.3, -0.25) is 4.79 Å². The van der Waals surface area contributed by atoms with Crippen LogP contribution < -0.4 is 16.4 Å². The second-order valence-electron chi connectivity index (χ2n) is 2.74. The quantitative estimate of drug-likeness (QED) is 0.472. The highest BCUT2D eigenvalue weighted by molar-refractivity contribution is 5.81. The number of hydrogen-bond donors (Lipinski definition) is 3. The van der Waals surface area contributed by atoms with E-state index in [0.29, 0.717) is 6.54 Å². The van der Waals surface area contributed by atoms with Gasteiger partial charge in [-0.25, -0.2) is 0 Å². The van der Waals surface area contributed by atoms with E-state index in [1.54, 1.807) is 14.1 Å². The summed E-state index contributed by atoms with van der Waals surface area (Å²) in [7, 11) is 3.44. The Morgan fingerprint density at radius 1 is 1.42 bits per heavy atom. The van der Waals surface area contributed by atoms with Crippen LogP contribution in [0.3, 0.4) is 0 Å². The Kier molecular flexibility index (Phi) is 6.70. The average Bonchev–Trinajstić information content (AvgIpc) is 2.11. The predicted molar refractivity (Wildman–Crippen MR) is 49.8 cm³/mol. The molecular weight excluding hydrogens is 154 g/mol. The molecule has 1 atom stereocenters. The van der Waals surface area contributed by atoms with Crippen molar-refractivity contribution in [1.82, 2.24) is 10.6 Å². The molecular formula is C8H19N3O. The molecule has 4 heteroatoms. The number of nitrogens with two attached hydrogens (primary N) is 1. The maximum atomic E-state index is 11.1. The number of rotatable bonds is 6. The number of amides is 1. The number of unbranched alkanes of at least 4 members (excludes halogenated alkanes) is 1. The molecule has 0 aromatic heterocycles. The zero-order valence-corrected chi connectivity index (χ0v) is 7.89. The Labute approximate surface area is 73.9 Å². The molecule has 0 aromatic rings. The van der Waals surface area contributed by atoms with Gasteiger partial charge in [0.2, 0.25) is 5.91 Å². The second kappa shape index (κ2) is 7.06. The summed E-state index contributed by atoms with van der Waals surface area (Å²) >= 11 is 0. The van der Waals surface area contributed by atoms with Crippen molar-refractivity contribution in [3.05, 3.63) is 0 Å². The Morgan fingerprint density at radius 2 is 2.08 bits per heavy atom. The minimum Gasteiger partial charge on any atom is -0.358 e. The van der Waals surface area contributed by atoms with E-state index in [-0.39, 0.29) is 11.9 Å². The van der Waals surface area contributed by atoms with Crippen molar-refractivity contribution in [2.45, 2.75) is 25.3 Å². The Hall–Kier alpha value is -0.610. The summed E-state index contributed by atoms with van der Waals surface area (Å²) in [5.41, 5.74) is 5.34. The van der Waals surface area contributed by atoms with Gasteiger partial charge in [-0.05, 0) is 26.4 Å². The van der Waals surface area contributed by atoms with Gasteiger partial charge in [-0.15, -0.1) is 0 Å². The van der Waals surface area contributed by atoms with Crippen molar-refractivity contribution in [3.63, 3.8) is 0 Å². The molecule has 72 valence electrons. The molecule has 0 saturated carbocycles. The lowest BCUT2D eigenvalue weighted by molar-refractivity contribution is -0.122. The largest absolute Gasteiger partial charge is 0.358 e. The van der Waals surface area contributed by atoms with E-state index in [1.165, 1.54) is 0 Å². The van der Waals surface area contributed by atoms with Crippen LogP contribution in [0, 0.1) is 0 Å². The highest BCUT2D eigenvalue weighted by Gasteiger charge is 2.12. The maximum absolute atomic E-state index is 11.1. The van der Waals surface area contributed by atoms with Gasteiger partial charge in [0.15, 0.2) is 0 Å². The first-order chi connectivity index (χ1) is 5.76. The number of carbonyl (C=O) groups is 1. The van der Waals surface area contributed by atoms with Crippen molar-refractivity contribution in [2.75, 3.05) is 20.6 Å². The molecule has 0 rings (SSSR count). The summed E-state index contributed by atoms with van der Waals surface area (Å²) in [5, 5.41) is 5.57. The minimum atomic E-state index is -0.0680. The van der Waals surface area contributed by atoms with Crippen molar-refractivity contribution >= 4 is 5.91 Å². The van der Waals surface area contributed by atoms with Gasteiger partial charge in [-0.1, -0.05) is 6.42 Å². The van der Waals surface area contributed by atoms with E-state index in [4.69, 9.17) is 5.73 Å². The van der Waals surface area contributed by atoms with Crippen LogP contribution in [0.2, 0.25) is 0 Å². The topological polar surface area (TPSA) is 67.2 Å². The summed E-state index contributed by atoms with van der Waals surface area (Å²) in [6.07, 6.45) is 2.83. The minimum absolute atomic E-state index is 0.0505. The van der Waals surface area contributed by atoms with Crippen LogP contribution in [-0.2, 0) is 4.79 Å². The molecule has 0 aliphatic heterocycles. The third-order valence-electron chi connectivity index (χ3n) is 1.86. The maximum Gasteiger partial charge on any atom is 0.236 e. The van der Waals surface area contributed by atoms with Crippen LogP contribution in [0.4, 0.5) is 0 Å². The molecule has 0 fully saturated rings. The van der Waals surface area contributed by atoms with Crippen molar-refractivity contribution in [2.24, 2.45) is 5.73 Å². The summed E-state index contributed by atoms with van der Waals surface area (Å²) in [6, 6.07) is -0.0680. The van der Waals surface area contributed by atoms with Crippen LogP contribution >= 0.6 is 0 Å². The van der Waals surface area contributed by atoms with Crippen molar-refractivity contribution in [1.29, 1.82) is 0 Å². The molecule has 0 bridgehead atoms. The third-order valence-corrected chi connectivity index (χ3v) is 1.86. The van der Waals surface area contributed by atoms with Gasteiger partial charge >= 0.3 is 0 Å². The lowest BCUT2D eigenvalue weighted by Crippen LogP contribution is -2.40. The summed E-state index contributed by atoms with van der Waals surface area (Å²) in [6.45, 7) is 0.699. The fourth-order valence-electron chi connectivity index (χ4n) is 1.07. The fraction of sp³-hybridized carbons (Fsp3) is 0.875. The van der Waals surface area contributed by atoms with Crippen LogP contribution in [0.1, 0.15) is 19.3 Å². The summed E-state index contributed by atoms with van der Waals surface area (Å²) in [4.78, 5) is 11.1. The van der Waals surface area contributed by atoms with Crippen LogP contribution in [0.15, 0.2) is 0 Å². The molecule has 0 spiro atoms. The molecule has 0 aliphatic carbocycles. The van der Waals surface area contributed by atoms with Crippen LogP contribution in [0.25, 0.3) is 0 Å². The molecule has 12 heavy (non-hydrogen) atoms. The first-order valence-electron chi connectivity index (χ1n) is 4.35. The SMILES string of the molecule is CNC(=O)[C@H](CCCCN)NC. The molecule has 0 aliphatic rings. The average molecular weight is 173 g/mol. The van der Waals surface area contributed by atoms with E-state index in [9.17, 15) is 4.79 Å². The molecule has 0 heterocycles. The zero-order chi connectivity index (χ0) is 9.40. The van der Waals surface area contributed by atoms with E-state index in [1.807, 2.05) is 0 Å². The second-order valence-corrected chi connectivity index (χ2v) is 2.74. The van der Waals surface area contributed by atoms with Gasteiger partial charge in [0.25, 0.3) is 0 Å². The molecule has 0 unspecified atom stereocenters. The van der Waals surface area contributed by atoms with E-state index < -0.39 is 0 Å². The van der Waals surface area contributed by atoms with Gasteiger partial charge < -0.3 is 16.4 Å². The van der Waals surface area contributed by atoms with Gasteiger partial charge in [0, 0.05) is 7.05 Å². The first-order valence-corrected chi connectivity index (χ1v) is 4.35. The predicted octanol–water partition coefficient (Wildman–Crippen LogP) is -0.551.